The summed E-state index contributed by atoms with van der Waals surface area (Å²) in [5, 5.41) is 2.81. The van der Waals surface area contributed by atoms with Gasteiger partial charge in [0.15, 0.2) is 0 Å². The van der Waals surface area contributed by atoms with Gasteiger partial charge >= 0.3 is 6.09 Å². The van der Waals surface area contributed by atoms with E-state index in [0.29, 0.717) is 11.7 Å². The Hall–Kier alpha value is -0.990. The van der Waals surface area contributed by atoms with Crippen LogP contribution in [0.25, 0.3) is 0 Å². The van der Waals surface area contributed by atoms with Crippen molar-refractivity contribution < 1.29 is 9.53 Å². The molecule has 1 atom stereocenters. The van der Waals surface area contributed by atoms with Crippen LogP contribution >= 0.6 is 0 Å². The van der Waals surface area contributed by atoms with Crippen LogP contribution in [0.2, 0.25) is 0 Å². The van der Waals surface area contributed by atoms with E-state index in [2.05, 4.69) is 11.9 Å². The number of nitrogens with one attached hydrogen (secondary N) is 1. The van der Waals surface area contributed by atoms with Gasteiger partial charge in [-0.25, -0.2) is 4.79 Å². The lowest BCUT2D eigenvalue weighted by atomic mass is 9.83. The van der Waals surface area contributed by atoms with Crippen LogP contribution in [0, 0.1) is 5.92 Å². The van der Waals surface area contributed by atoms with Gasteiger partial charge in [-0.3, -0.25) is 0 Å². The fourth-order valence-electron chi connectivity index (χ4n) is 2.27. The highest BCUT2D eigenvalue weighted by Gasteiger charge is 2.34. The number of carbonyl (C=O) groups excluding carboxylic acids is 1. The maximum absolute atomic E-state index is 10.9. The minimum atomic E-state index is -0.333. The Morgan fingerprint density at radius 3 is 2.54 bits per heavy atom. The van der Waals surface area contributed by atoms with Crippen molar-refractivity contribution in [3.05, 3.63) is 12.3 Å². The van der Waals surface area contributed by atoms with E-state index < -0.39 is 0 Å². The Bertz CT molecular complexity index is 231. The van der Waals surface area contributed by atoms with Gasteiger partial charge in [-0.15, -0.1) is 0 Å². The molecule has 1 saturated heterocycles. The van der Waals surface area contributed by atoms with Crippen molar-refractivity contribution in [2.45, 2.75) is 38.1 Å². The van der Waals surface area contributed by atoms with Crippen LogP contribution in [-0.2, 0) is 4.74 Å². The summed E-state index contributed by atoms with van der Waals surface area (Å²) >= 11 is 0. The Morgan fingerprint density at radius 1 is 1.31 bits per heavy atom. The monoisotopic (exact) mass is 181 g/mol. The molecule has 1 unspecified atom stereocenters. The molecule has 0 spiro atoms. The number of alkyl carbamates (subject to hydrolysis) is 1. The summed E-state index contributed by atoms with van der Waals surface area (Å²) < 4.78 is 4.88. The lowest BCUT2D eigenvalue weighted by Crippen LogP contribution is -2.34. The van der Waals surface area contributed by atoms with Crippen molar-refractivity contribution >= 4 is 6.09 Å². The molecule has 2 aliphatic rings. The van der Waals surface area contributed by atoms with Gasteiger partial charge in [0.25, 0.3) is 0 Å². The molecule has 0 aromatic carbocycles. The molecule has 0 radical (unpaired) electrons. The first kappa shape index (κ1) is 8.60. The normalized spacial score (nSPS) is 30.0. The number of amides is 1. The predicted molar refractivity (Wildman–Crippen MR) is 49.1 cm³/mol. The van der Waals surface area contributed by atoms with Crippen molar-refractivity contribution in [2.75, 3.05) is 0 Å². The lowest BCUT2D eigenvalue weighted by Gasteiger charge is -2.25. The molecule has 0 aromatic heterocycles. The van der Waals surface area contributed by atoms with Crippen LogP contribution in [0.15, 0.2) is 12.3 Å². The van der Waals surface area contributed by atoms with Crippen molar-refractivity contribution in [2.24, 2.45) is 5.92 Å². The maximum atomic E-state index is 10.9. The van der Waals surface area contributed by atoms with Crippen LogP contribution in [0.5, 0.6) is 0 Å². The molecule has 2 rings (SSSR count). The van der Waals surface area contributed by atoms with E-state index >= 15 is 0 Å². The van der Waals surface area contributed by atoms with Crippen LogP contribution in [-0.4, -0.2) is 12.1 Å². The number of rotatable bonds is 1. The molecule has 0 aromatic rings. The summed E-state index contributed by atoms with van der Waals surface area (Å²) in [6, 6.07) is 0.0767. The Morgan fingerprint density at radius 2 is 2.00 bits per heavy atom. The summed E-state index contributed by atoms with van der Waals surface area (Å²) in [4.78, 5) is 10.9. The fourth-order valence-corrected chi connectivity index (χ4v) is 2.27. The van der Waals surface area contributed by atoms with E-state index in [4.69, 9.17) is 4.74 Å². The van der Waals surface area contributed by atoms with Gasteiger partial charge in [0.2, 0.25) is 0 Å². The summed E-state index contributed by atoms with van der Waals surface area (Å²) in [7, 11) is 0. The Labute approximate surface area is 78.1 Å². The van der Waals surface area contributed by atoms with Crippen LogP contribution in [0.1, 0.15) is 32.1 Å². The van der Waals surface area contributed by atoms with Gasteiger partial charge in [-0.1, -0.05) is 25.8 Å². The molecule has 13 heavy (non-hydrogen) atoms. The van der Waals surface area contributed by atoms with Crippen molar-refractivity contribution in [1.29, 1.82) is 0 Å². The van der Waals surface area contributed by atoms with Crippen molar-refractivity contribution in [1.82, 2.24) is 5.32 Å². The van der Waals surface area contributed by atoms with Gasteiger partial charge in [0.05, 0.1) is 6.04 Å². The van der Waals surface area contributed by atoms with Crippen LogP contribution < -0.4 is 5.32 Å². The molecule has 1 heterocycles. The predicted octanol–water partition coefficient (Wildman–Crippen LogP) is 2.19. The highest BCUT2D eigenvalue weighted by atomic mass is 16.6. The average molecular weight is 181 g/mol. The van der Waals surface area contributed by atoms with Gasteiger partial charge in [-0.05, 0) is 18.8 Å². The van der Waals surface area contributed by atoms with Gasteiger partial charge < -0.3 is 10.1 Å². The van der Waals surface area contributed by atoms with E-state index in [1.165, 1.54) is 32.1 Å². The third-order valence-electron chi connectivity index (χ3n) is 2.97. The number of hydrogen-bond acceptors (Lipinski definition) is 2. The Kier molecular flexibility index (Phi) is 2.25. The zero-order chi connectivity index (χ0) is 9.26. The minimum Gasteiger partial charge on any atom is -0.413 e. The first-order valence-electron chi connectivity index (χ1n) is 4.94. The number of carbonyl (C=O) groups is 1. The van der Waals surface area contributed by atoms with Crippen LogP contribution in [0.3, 0.4) is 0 Å². The van der Waals surface area contributed by atoms with Crippen LogP contribution in [0.4, 0.5) is 4.79 Å². The molecule has 3 heteroatoms. The lowest BCUT2D eigenvalue weighted by molar-refractivity contribution is 0.195. The summed E-state index contributed by atoms with van der Waals surface area (Å²) in [5.74, 6) is 1.16. The molecule has 1 amide bonds. The fraction of sp³-hybridized carbons (Fsp3) is 0.700. The maximum Gasteiger partial charge on any atom is 0.412 e. The zero-order valence-corrected chi connectivity index (χ0v) is 7.71. The standard InChI is InChI=1S/C10H15NO2/c1-7-9(11-10(12)13-7)8-5-3-2-4-6-8/h8-9H,1-6H2,(H,11,12). The molecule has 1 aliphatic carbocycles. The summed E-state index contributed by atoms with van der Waals surface area (Å²) in [6.45, 7) is 3.76. The zero-order valence-electron chi connectivity index (χ0n) is 7.71. The molecule has 72 valence electrons. The first-order chi connectivity index (χ1) is 6.27. The second kappa shape index (κ2) is 3.40. The number of hydrogen-bond donors (Lipinski definition) is 1. The SMILES string of the molecule is C=C1OC(=O)NC1C1CCCCC1. The molecule has 1 N–H and O–H groups in total. The van der Waals surface area contributed by atoms with Gasteiger partial charge in [0, 0.05) is 0 Å². The highest BCUT2D eigenvalue weighted by molar-refractivity contribution is 5.72. The van der Waals surface area contributed by atoms with E-state index in [0.717, 1.165) is 0 Å². The molecule has 0 bridgehead atoms. The minimum absolute atomic E-state index is 0.0767. The summed E-state index contributed by atoms with van der Waals surface area (Å²) in [6.07, 6.45) is 5.90. The quantitative estimate of drug-likeness (QED) is 0.673. The smallest absolute Gasteiger partial charge is 0.412 e. The van der Waals surface area contributed by atoms with E-state index in [9.17, 15) is 4.79 Å². The second-order valence-electron chi connectivity index (χ2n) is 3.88. The second-order valence-corrected chi connectivity index (χ2v) is 3.88. The largest absolute Gasteiger partial charge is 0.413 e. The molecule has 1 saturated carbocycles. The number of cyclic esters (lactones) is 1. The third-order valence-corrected chi connectivity index (χ3v) is 2.97. The van der Waals surface area contributed by atoms with E-state index in [1.54, 1.807) is 0 Å². The summed E-state index contributed by atoms with van der Waals surface area (Å²) in [5.41, 5.74) is 0. The average Bonchev–Trinajstić information content (AvgIpc) is 2.47. The molecule has 1 aliphatic heterocycles. The van der Waals surface area contributed by atoms with Gasteiger partial charge in [-0.2, -0.15) is 0 Å². The molecule has 3 nitrogen and oxygen atoms in total. The topological polar surface area (TPSA) is 38.3 Å². The van der Waals surface area contributed by atoms with Crippen molar-refractivity contribution in [3.8, 4) is 0 Å². The molecular formula is C10H15NO2. The first-order valence-corrected chi connectivity index (χ1v) is 4.94. The van der Waals surface area contributed by atoms with Crippen molar-refractivity contribution in [3.63, 3.8) is 0 Å². The molecule has 2 fully saturated rings. The van der Waals surface area contributed by atoms with Gasteiger partial charge in [0.1, 0.15) is 5.76 Å². The van der Waals surface area contributed by atoms with E-state index in [1.807, 2.05) is 0 Å². The van der Waals surface area contributed by atoms with E-state index in [-0.39, 0.29) is 12.1 Å². The third kappa shape index (κ3) is 1.69. The Balaban J connectivity index is 1.99. The highest BCUT2D eigenvalue weighted by Crippen LogP contribution is 2.31. The molecular weight excluding hydrogens is 166 g/mol. The number of ether oxygens (including phenoxy) is 1.